The molecule has 2 aliphatic heterocycles. The number of alkyl halides is 3. The molecule has 192 valence electrons. The third kappa shape index (κ3) is 4.84. The van der Waals surface area contributed by atoms with Crippen LogP contribution >= 0.6 is 11.3 Å². The predicted molar refractivity (Wildman–Crippen MR) is 131 cm³/mol. The second-order valence-electron chi connectivity index (χ2n) is 9.23. The first-order valence-electron chi connectivity index (χ1n) is 11.6. The number of halogens is 3. The zero-order valence-corrected chi connectivity index (χ0v) is 20.7. The van der Waals surface area contributed by atoms with Crippen molar-refractivity contribution in [1.29, 1.82) is 0 Å². The molecule has 5 heterocycles. The Balaban J connectivity index is 0.000000384. The fraction of sp³-hybridized carbons (Fsp3) is 0.400. The van der Waals surface area contributed by atoms with Gasteiger partial charge in [-0.15, -0.1) is 11.3 Å². The standard InChI is InChI=1S/C23H26N4OS.C2HF3O2/c1-17(2)9-13-27-18-6-3-11-24-21(18)26-12-4-8-20(26)23(27)10-14-25(16-23)22(28)19-7-5-15-29-19;3-2(4,5)1(6)7/h3-8,11-12,15,17H,9-10,13-14,16H2,1-2H3;(H,6,7). The molecule has 0 aromatic carbocycles. The number of hydrogen-bond donors (Lipinski definition) is 1. The molecule has 5 rings (SSSR count). The van der Waals surface area contributed by atoms with Crippen molar-refractivity contribution in [2.45, 2.75) is 38.4 Å². The van der Waals surface area contributed by atoms with Crippen LogP contribution in [0.1, 0.15) is 42.1 Å². The van der Waals surface area contributed by atoms with Gasteiger partial charge in [-0.05, 0) is 54.5 Å². The molecule has 3 aromatic heterocycles. The Kier molecular flexibility index (Phi) is 7.12. The Morgan fingerprint density at radius 3 is 2.58 bits per heavy atom. The summed E-state index contributed by atoms with van der Waals surface area (Å²) >= 11 is 1.52. The van der Waals surface area contributed by atoms with Crippen molar-refractivity contribution in [2.75, 3.05) is 24.5 Å². The highest BCUT2D eigenvalue weighted by atomic mass is 32.1. The molecule has 0 saturated carbocycles. The zero-order chi connectivity index (χ0) is 26.1. The Labute approximate surface area is 210 Å². The molecular weight excluding hydrogens is 493 g/mol. The van der Waals surface area contributed by atoms with Crippen molar-refractivity contribution in [3.63, 3.8) is 0 Å². The predicted octanol–water partition coefficient (Wildman–Crippen LogP) is 5.17. The monoisotopic (exact) mass is 520 g/mol. The van der Waals surface area contributed by atoms with Crippen molar-refractivity contribution in [1.82, 2.24) is 14.5 Å². The second-order valence-corrected chi connectivity index (χ2v) is 10.2. The fourth-order valence-corrected chi connectivity index (χ4v) is 5.46. The summed E-state index contributed by atoms with van der Waals surface area (Å²) in [6, 6.07) is 12.4. The van der Waals surface area contributed by atoms with Crippen LogP contribution in [0.2, 0.25) is 0 Å². The summed E-state index contributed by atoms with van der Waals surface area (Å²) in [5.41, 5.74) is 2.21. The van der Waals surface area contributed by atoms with Gasteiger partial charge in [-0.1, -0.05) is 19.9 Å². The third-order valence-corrected chi connectivity index (χ3v) is 7.32. The number of carbonyl (C=O) groups excluding carboxylic acids is 1. The maximum absolute atomic E-state index is 13.1. The molecule has 7 nitrogen and oxygen atoms in total. The lowest BCUT2D eigenvalue weighted by Gasteiger charge is -2.47. The zero-order valence-electron chi connectivity index (χ0n) is 19.9. The van der Waals surface area contributed by atoms with Crippen LogP contribution in [0.15, 0.2) is 54.2 Å². The Morgan fingerprint density at radius 1 is 1.19 bits per heavy atom. The number of nitrogens with zero attached hydrogens (tertiary/aromatic N) is 4. The first-order chi connectivity index (χ1) is 17.0. The quantitative estimate of drug-likeness (QED) is 0.513. The first kappa shape index (κ1) is 25.7. The lowest BCUT2D eigenvalue weighted by Crippen LogP contribution is -2.53. The number of likely N-dealkylation sites (tertiary alicyclic amines) is 1. The fourth-order valence-electron chi connectivity index (χ4n) is 4.77. The summed E-state index contributed by atoms with van der Waals surface area (Å²) in [6.45, 7) is 6.98. The van der Waals surface area contributed by atoms with Crippen molar-refractivity contribution >= 4 is 28.9 Å². The number of carbonyl (C=O) groups is 2. The van der Waals surface area contributed by atoms with E-state index >= 15 is 0 Å². The molecule has 0 bridgehead atoms. The van der Waals surface area contributed by atoms with E-state index < -0.39 is 12.1 Å². The van der Waals surface area contributed by atoms with Crippen LogP contribution in [-0.4, -0.2) is 57.2 Å². The number of carboxylic acid groups (broad SMARTS) is 1. The number of fused-ring (bicyclic) bond motifs is 4. The number of pyridine rings is 1. The molecule has 1 unspecified atom stereocenters. The maximum Gasteiger partial charge on any atom is 0.490 e. The number of anilines is 1. The SMILES string of the molecule is CC(C)CCN1c2cccnc2-n2cccc2C12CCN(C(=O)c1cccs1)C2.O=C(O)C(F)(F)F. The number of rotatable bonds is 4. The molecule has 36 heavy (non-hydrogen) atoms. The number of hydrogen-bond acceptors (Lipinski definition) is 5. The summed E-state index contributed by atoms with van der Waals surface area (Å²) in [5, 5.41) is 9.10. The van der Waals surface area contributed by atoms with Crippen LogP contribution in [0.25, 0.3) is 5.82 Å². The summed E-state index contributed by atoms with van der Waals surface area (Å²) in [4.78, 5) is 32.1. The topological polar surface area (TPSA) is 78.7 Å². The molecule has 2 aliphatic rings. The van der Waals surface area contributed by atoms with Gasteiger partial charge in [0, 0.05) is 32.0 Å². The Bertz CT molecular complexity index is 1230. The Hall–Kier alpha value is -3.34. The highest BCUT2D eigenvalue weighted by Gasteiger charge is 2.50. The molecule has 1 saturated heterocycles. The Morgan fingerprint density at radius 2 is 1.94 bits per heavy atom. The smallest absolute Gasteiger partial charge is 0.475 e. The van der Waals surface area contributed by atoms with E-state index in [1.807, 2.05) is 34.7 Å². The first-order valence-corrected chi connectivity index (χ1v) is 12.5. The van der Waals surface area contributed by atoms with Gasteiger partial charge in [0.2, 0.25) is 0 Å². The van der Waals surface area contributed by atoms with Gasteiger partial charge < -0.3 is 19.5 Å². The molecule has 1 N–H and O–H groups in total. The minimum Gasteiger partial charge on any atom is -0.475 e. The van der Waals surface area contributed by atoms with E-state index in [4.69, 9.17) is 14.9 Å². The average Bonchev–Trinajstić information content (AvgIpc) is 3.59. The van der Waals surface area contributed by atoms with Crippen LogP contribution in [0.5, 0.6) is 0 Å². The largest absolute Gasteiger partial charge is 0.490 e. The minimum absolute atomic E-state index is 0.149. The molecule has 3 aromatic rings. The van der Waals surface area contributed by atoms with E-state index in [2.05, 4.69) is 47.7 Å². The van der Waals surface area contributed by atoms with Crippen molar-refractivity contribution in [2.24, 2.45) is 5.92 Å². The number of aliphatic carboxylic acids is 1. The molecule has 1 spiro atoms. The van der Waals surface area contributed by atoms with Gasteiger partial charge in [-0.3, -0.25) is 4.79 Å². The van der Waals surface area contributed by atoms with E-state index in [1.165, 1.54) is 22.7 Å². The summed E-state index contributed by atoms with van der Waals surface area (Å²) in [7, 11) is 0. The normalized spacial score (nSPS) is 18.6. The van der Waals surface area contributed by atoms with Gasteiger partial charge in [0.1, 0.15) is 5.54 Å². The number of thiophene rings is 1. The second kappa shape index (κ2) is 9.96. The summed E-state index contributed by atoms with van der Waals surface area (Å²) in [5.74, 6) is -1.00. The van der Waals surface area contributed by atoms with Crippen LogP contribution in [0.4, 0.5) is 18.9 Å². The summed E-state index contributed by atoms with van der Waals surface area (Å²) in [6.07, 6.45) is 0.922. The van der Waals surface area contributed by atoms with Crippen LogP contribution in [0, 0.1) is 5.92 Å². The number of amides is 1. The molecule has 1 atom stereocenters. The van der Waals surface area contributed by atoms with Crippen LogP contribution in [-0.2, 0) is 10.3 Å². The molecule has 0 radical (unpaired) electrons. The van der Waals surface area contributed by atoms with E-state index in [0.29, 0.717) is 12.5 Å². The van der Waals surface area contributed by atoms with Gasteiger partial charge in [0.15, 0.2) is 5.82 Å². The van der Waals surface area contributed by atoms with Gasteiger partial charge in [-0.2, -0.15) is 13.2 Å². The maximum atomic E-state index is 13.1. The van der Waals surface area contributed by atoms with Gasteiger partial charge in [-0.25, -0.2) is 9.78 Å². The van der Waals surface area contributed by atoms with E-state index in [0.717, 1.165) is 36.6 Å². The van der Waals surface area contributed by atoms with Crippen molar-refractivity contribution in [3.8, 4) is 5.82 Å². The van der Waals surface area contributed by atoms with E-state index in [1.54, 1.807) is 0 Å². The number of aromatic nitrogens is 2. The molecular formula is C25H27F3N4O3S. The van der Waals surface area contributed by atoms with Crippen molar-refractivity contribution in [3.05, 3.63) is 64.7 Å². The van der Waals surface area contributed by atoms with Gasteiger partial charge >= 0.3 is 12.1 Å². The van der Waals surface area contributed by atoms with Gasteiger partial charge in [0.05, 0.1) is 16.3 Å². The third-order valence-electron chi connectivity index (χ3n) is 6.47. The van der Waals surface area contributed by atoms with Crippen LogP contribution < -0.4 is 4.90 Å². The average molecular weight is 521 g/mol. The summed E-state index contributed by atoms with van der Waals surface area (Å²) < 4.78 is 34.0. The molecule has 1 fully saturated rings. The minimum atomic E-state index is -5.08. The molecule has 11 heteroatoms. The van der Waals surface area contributed by atoms with Gasteiger partial charge in [0.25, 0.3) is 5.91 Å². The van der Waals surface area contributed by atoms with E-state index in [-0.39, 0.29) is 11.4 Å². The lowest BCUT2D eigenvalue weighted by atomic mass is 9.88. The molecule has 1 amide bonds. The van der Waals surface area contributed by atoms with E-state index in [9.17, 15) is 18.0 Å². The molecule has 0 aliphatic carbocycles. The number of carboxylic acids is 1. The van der Waals surface area contributed by atoms with Crippen molar-refractivity contribution < 1.29 is 27.9 Å². The lowest BCUT2D eigenvalue weighted by molar-refractivity contribution is -0.192. The highest BCUT2D eigenvalue weighted by molar-refractivity contribution is 7.12. The van der Waals surface area contributed by atoms with Crippen LogP contribution in [0.3, 0.4) is 0 Å². The highest BCUT2D eigenvalue weighted by Crippen LogP contribution is 2.47.